The van der Waals surface area contributed by atoms with Gasteiger partial charge in [0.1, 0.15) is 23.7 Å². The van der Waals surface area contributed by atoms with Crippen molar-refractivity contribution in [2.75, 3.05) is 23.9 Å². The molecule has 42 heavy (non-hydrogen) atoms. The van der Waals surface area contributed by atoms with Gasteiger partial charge in [0.15, 0.2) is 6.61 Å². The second kappa shape index (κ2) is 13.4. The molecule has 3 aromatic carbocycles. The molecule has 10 nitrogen and oxygen atoms in total. The van der Waals surface area contributed by atoms with Crippen LogP contribution in [0.3, 0.4) is 0 Å². The Morgan fingerprint density at radius 1 is 0.929 bits per heavy atom. The predicted octanol–water partition coefficient (Wildman–Crippen LogP) is 5.55. The van der Waals surface area contributed by atoms with E-state index < -0.39 is 22.9 Å². The molecule has 0 spiro atoms. The maximum Gasteiger partial charge on any atom is 0.414 e. The zero-order chi connectivity index (χ0) is 30.3. The van der Waals surface area contributed by atoms with Gasteiger partial charge in [0.2, 0.25) is 5.91 Å². The molecule has 3 aromatic rings. The second-order valence-electron chi connectivity index (χ2n) is 10.6. The van der Waals surface area contributed by atoms with E-state index in [0.717, 1.165) is 22.9 Å². The number of anilines is 2. The van der Waals surface area contributed by atoms with Gasteiger partial charge in [0, 0.05) is 13.1 Å². The first-order chi connectivity index (χ1) is 20.0. The highest BCUT2D eigenvalue weighted by molar-refractivity contribution is 8.15. The smallest absolute Gasteiger partial charge is 0.414 e. The molecular weight excluding hydrogens is 558 g/mol. The van der Waals surface area contributed by atoms with Crippen molar-refractivity contribution < 1.29 is 33.4 Å². The largest absolute Gasteiger partial charge is 0.489 e. The van der Waals surface area contributed by atoms with Gasteiger partial charge in [0.05, 0.1) is 16.6 Å². The Kier molecular flexibility index (Phi) is 9.74. The van der Waals surface area contributed by atoms with Crippen LogP contribution in [0.5, 0.6) is 11.5 Å². The monoisotopic (exact) mass is 591 g/mol. The number of nitrogens with zero attached hydrogens (tertiary/aromatic N) is 1. The number of ether oxygens (including phenoxy) is 3. The molecule has 1 aliphatic rings. The highest BCUT2D eigenvalue weighted by Crippen LogP contribution is 2.32. The summed E-state index contributed by atoms with van der Waals surface area (Å²) in [7, 11) is 1.56. The molecule has 0 aromatic heterocycles. The van der Waals surface area contributed by atoms with Crippen molar-refractivity contribution in [2.24, 2.45) is 0 Å². The highest BCUT2D eigenvalue weighted by Gasteiger charge is 2.31. The van der Waals surface area contributed by atoms with E-state index in [1.165, 1.54) is 4.90 Å². The lowest BCUT2D eigenvalue weighted by Gasteiger charge is -2.26. The molecule has 0 saturated carbocycles. The van der Waals surface area contributed by atoms with Crippen LogP contribution in [0.1, 0.15) is 31.9 Å². The summed E-state index contributed by atoms with van der Waals surface area (Å²) >= 11 is 0.973. The first-order valence-electron chi connectivity index (χ1n) is 13.3. The fourth-order valence-electron chi connectivity index (χ4n) is 3.95. The number of carbonyl (C=O) groups is 4. The molecule has 2 N–H and O–H groups in total. The Morgan fingerprint density at radius 3 is 2.26 bits per heavy atom. The topological polar surface area (TPSA) is 123 Å². The van der Waals surface area contributed by atoms with E-state index in [-0.39, 0.29) is 17.8 Å². The summed E-state index contributed by atoms with van der Waals surface area (Å²) in [5, 5.41) is 4.27. The Labute approximate surface area is 248 Å². The quantitative estimate of drug-likeness (QED) is 0.315. The minimum absolute atomic E-state index is 0.281. The van der Waals surface area contributed by atoms with Crippen LogP contribution in [-0.4, -0.2) is 47.7 Å². The Bertz CT molecular complexity index is 1440. The first kappa shape index (κ1) is 30.4. The van der Waals surface area contributed by atoms with E-state index in [0.29, 0.717) is 35.9 Å². The normalized spacial score (nSPS) is 14.6. The summed E-state index contributed by atoms with van der Waals surface area (Å²) in [4.78, 5) is 50.2. The van der Waals surface area contributed by atoms with Crippen molar-refractivity contribution in [2.45, 2.75) is 44.6 Å². The average Bonchev–Trinajstić information content (AvgIpc) is 3.27. The molecule has 0 radical (unpaired) electrons. The average molecular weight is 592 g/mol. The summed E-state index contributed by atoms with van der Waals surface area (Å²) in [5.74, 6) is 0.239. The van der Waals surface area contributed by atoms with Gasteiger partial charge in [-0.15, -0.1) is 0 Å². The molecule has 1 heterocycles. The van der Waals surface area contributed by atoms with Gasteiger partial charge < -0.3 is 19.5 Å². The third-order valence-electron chi connectivity index (χ3n) is 6.00. The predicted molar refractivity (Wildman–Crippen MR) is 161 cm³/mol. The van der Waals surface area contributed by atoms with E-state index in [4.69, 9.17) is 14.2 Å². The van der Waals surface area contributed by atoms with Crippen molar-refractivity contribution >= 4 is 46.3 Å². The van der Waals surface area contributed by atoms with Crippen LogP contribution in [0, 0.1) is 0 Å². The van der Waals surface area contributed by atoms with Crippen LogP contribution in [0.2, 0.25) is 0 Å². The van der Waals surface area contributed by atoms with Gasteiger partial charge in [-0.05, 0) is 62.6 Å². The molecule has 0 aliphatic carbocycles. The molecule has 1 aliphatic heterocycles. The van der Waals surface area contributed by atoms with Crippen LogP contribution in [0.4, 0.5) is 21.0 Å². The van der Waals surface area contributed by atoms with Gasteiger partial charge in [-0.25, -0.2) is 4.79 Å². The van der Waals surface area contributed by atoms with Gasteiger partial charge in [0.25, 0.3) is 11.1 Å². The van der Waals surface area contributed by atoms with E-state index in [1.807, 2.05) is 30.3 Å². The summed E-state index contributed by atoms with van der Waals surface area (Å²) in [5.41, 5.74) is 1.90. The Hall–Kier alpha value is -4.51. The van der Waals surface area contributed by atoms with Crippen molar-refractivity contribution in [3.8, 4) is 11.5 Å². The Balaban J connectivity index is 1.40. The minimum atomic E-state index is -0.709. The lowest BCUT2D eigenvalue weighted by Crippen LogP contribution is -2.34. The molecular formula is C31H33N3O7S. The Morgan fingerprint density at radius 2 is 1.62 bits per heavy atom. The molecule has 1 atom stereocenters. The van der Waals surface area contributed by atoms with Crippen LogP contribution in [0.15, 0.2) is 72.8 Å². The standard InChI is InChI=1S/C31H33N3O7S/c1-31(2,3)41-30(38)34(4)25-17-23(39-18-21-8-6-5-7-9-21)14-15-24(25)32-27(35)19-40-22-12-10-20(11-13-22)16-26-28(36)33-29(37)42-26/h5-15,17,26H,16,18-19H2,1-4H3,(H,32,35)(H,33,36,37). The number of thioether (sulfide) groups is 1. The first-order valence-corrected chi connectivity index (χ1v) is 14.2. The fraction of sp³-hybridized carbons (Fsp3) is 0.290. The van der Waals surface area contributed by atoms with Crippen molar-refractivity contribution in [3.63, 3.8) is 0 Å². The van der Waals surface area contributed by atoms with Gasteiger partial charge in [-0.3, -0.25) is 24.6 Å². The summed E-state index contributed by atoms with van der Waals surface area (Å²) < 4.78 is 17.1. The van der Waals surface area contributed by atoms with Gasteiger partial charge >= 0.3 is 6.09 Å². The van der Waals surface area contributed by atoms with Crippen LogP contribution < -0.4 is 25.0 Å². The fourth-order valence-corrected chi connectivity index (χ4v) is 4.81. The molecule has 0 bridgehead atoms. The summed E-state index contributed by atoms with van der Waals surface area (Å²) in [6.07, 6.45) is -0.186. The molecule has 1 saturated heterocycles. The van der Waals surface area contributed by atoms with E-state index in [2.05, 4.69) is 10.6 Å². The number of rotatable bonds is 10. The summed E-state index contributed by atoms with van der Waals surface area (Å²) in [6, 6.07) is 21.7. The zero-order valence-electron chi connectivity index (χ0n) is 23.8. The van der Waals surface area contributed by atoms with Crippen molar-refractivity contribution in [3.05, 3.63) is 83.9 Å². The lowest BCUT2D eigenvalue weighted by atomic mass is 10.1. The third-order valence-corrected chi connectivity index (χ3v) is 6.98. The van der Waals surface area contributed by atoms with E-state index in [1.54, 1.807) is 70.3 Å². The minimum Gasteiger partial charge on any atom is -0.489 e. The molecule has 4 amide bonds. The number of nitrogens with one attached hydrogen (secondary N) is 2. The molecule has 1 fully saturated rings. The SMILES string of the molecule is CN(C(=O)OC(C)(C)C)c1cc(OCc2ccccc2)ccc1NC(=O)COc1ccc(CC2SC(=O)NC2=O)cc1. The van der Waals surface area contributed by atoms with Crippen molar-refractivity contribution in [1.82, 2.24) is 5.32 Å². The third kappa shape index (κ3) is 8.74. The van der Waals surface area contributed by atoms with Crippen LogP contribution in [0.25, 0.3) is 0 Å². The number of carbonyl (C=O) groups excluding carboxylic acids is 4. The number of imide groups is 1. The maximum absolute atomic E-state index is 12.9. The highest BCUT2D eigenvalue weighted by atomic mass is 32.2. The molecule has 4 rings (SSSR count). The number of hydrogen-bond acceptors (Lipinski definition) is 8. The summed E-state index contributed by atoms with van der Waals surface area (Å²) in [6.45, 7) is 5.37. The number of benzene rings is 3. The molecule has 1 unspecified atom stereocenters. The van der Waals surface area contributed by atoms with Crippen molar-refractivity contribution in [1.29, 1.82) is 0 Å². The second-order valence-corrected chi connectivity index (χ2v) is 11.7. The zero-order valence-corrected chi connectivity index (χ0v) is 24.7. The van der Waals surface area contributed by atoms with Crippen LogP contribution in [-0.2, 0) is 27.4 Å². The van der Waals surface area contributed by atoms with E-state index in [9.17, 15) is 19.2 Å². The molecule has 220 valence electrons. The van der Waals surface area contributed by atoms with Gasteiger partial charge in [-0.1, -0.05) is 54.2 Å². The lowest BCUT2D eigenvalue weighted by molar-refractivity contribution is -0.119. The van der Waals surface area contributed by atoms with Gasteiger partial charge in [-0.2, -0.15) is 0 Å². The maximum atomic E-state index is 12.9. The molecule has 11 heteroatoms. The van der Waals surface area contributed by atoms with Crippen LogP contribution >= 0.6 is 11.8 Å². The number of amides is 4. The number of hydrogen-bond donors (Lipinski definition) is 2. The van der Waals surface area contributed by atoms with E-state index >= 15 is 0 Å².